The Kier molecular flexibility index (Phi) is 7.90. The Morgan fingerprint density at radius 3 is 2.71 bits per heavy atom. The molecule has 21 heavy (non-hydrogen) atoms. The molecule has 1 aromatic rings. The summed E-state index contributed by atoms with van der Waals surface area (Å²) in [7, 11) is 0. The SMILES string of the molecule is Cc1cccc(NC(=O)CSCC(=O)OCCC(C)C)c1. The van der Waals surface area contributed by atoms with Crippen molar-refractivity contribution in [2.45, 2.75) is 27.2 Å². The maximum Gasteiger partial charge on any atom is 0.315 e. The first-order valence-corrected chi connectivity index (χ1v) is 8.22. The number of benzene rings is 1. The fraction of sp³-hybridized carbons (Fsp3) is 0.500. The molecule has 0 aliphatic heterocycles. The monoisotopic (exact) mass is 309 g/mol. The molecule has 0 aliphatic rings. The van der Waals surface area contributed by atoms with E-state index in [1.165, 1.54) is 11.8 Å². The van der Waals surface area contributed by atoms with Crippen molar-refractivity contribution in [2.75, 3.05) is 23.4 Å². The van der Waals surface area contributed by atoms with Crippen molar-refractivity contribution in [3.8, 4) is 0 Å². The number of hydrogen-bond acceptors (Lipinski definition) is 4. The van der Waals surface area contributed by atoms with Crippen molar-refractivity contribution >= 4 is 29.3 Å². The highest BCUT2D eigenvalue weighted by Gasteiger charge is 2.07. The molecule has 0 aliphatic carbocycles. The van der Waals surface area contributed by atoms with Crippen molar-refractivity contribution < 1.29 is 14.3 Å². The van der Waals surface area contributed by atoms with E-state index in [1.807, 2.05) is 31.2 Å². The van der Waals surface area contributed by atoms with Gasteiger partial charge in [0.15, 0.2) is 0 Å². The number of aryl methyl sites for hydroxylation is 1. The summed E-state index contributed by atoms with van der Waals surface area (Å²) in [6.07, 6.45) is 0.865. The normalized spacial score (nSPS) is 10.5. The summed E-state index contributed by atoms with van der Waals surface area (Å²) in [5.41, 5.74) is 1.87. The van der Waals surface area contributed by atoms with Crippen LogP contribution in [0.2, 0.25) is 0 Å². The molecule has 0 atom stereocenters. The van der Waals surface area contributed by atoms with E-state index in [0.717, 1.165) is 17.7 Å². The Hall–Kier alpha value is -1.49. The maximum atomic E-state index is 11.7. The van der Waals surface area contributed by atoms with Gasteiger partial charge in [-0.25, -0.2) is 0 Å². The smallest absolute Gasteiger partial charge is 0.315 e. The average molecular weight is 309 g/mol. The highest BCUT2D eigenvalue weighted by Crippen LogP contribution is 2.10. The van der Waals surface area contributed by atoms with E-state index >= 15 is 0 Å². The second kappa shape index (κ2) is 9.45. The number of rotatable bonds is 8. The molecule has 0 radical (unpaired) electrons. The molecule has 116 valence electrons. The molecule has 1 aromatic carbocycles. The van der Waals surface area contributed by atoms with Crippen LogP contribution in [-0.2, 0) is 14.3 Å². The average Bonchev–Trinajstić information content (AvgIpc) is 2.38. The number of amides is 1. The Balaban J connectivity index is 2.17. The molecule has 0 saturated heterocycles. The number of hydrogen-bond donors (Lipinski definition) is 1. The zero-order valence-corrected chi connectivity index (χ0v) is 13.7. The molecular formula is C16H23NO3S. The van der Waals surface area contributed by atoms with Crippen LogP contribution in [-0.4, -0.2) is 30.0 Å². The molecule has 0 spiro atoms. The standard InChI is InChI=1S/C16H23NO3S/c1-12(2)7-8-20-16(19)11-21-10-15(18)17-14-6-4-5-13(3)9-14/h4-6,9,12H,7-8,10-11H2,1-3H3,(H,17,18). The van der Waals surface area contributed by atoms with Gasteiger partial charge in [-0.2, -0.15) is 0 Å². The quantitative estimate of drug-likeness (QED) is 0.749. The predicted octanol–water partition coefficient (Wildman–Crippen LogP) is 3.26. The van der Waals surface area contributed by atoms with Gasteiger partial charge in [0.2, 0.25) is 5.91 Å². The van der Waals surface area contributed by atoms with Crippen LogP contribution in [0.4, 0.5) is 5.69 Å². The second-order valence-corrected chi connectivity index (χ2v) is 6.30. The molecule has 0 saturated carbocycles. The van der Waals surface area contributed by atoms with Crippen molar-refractivity contribution in [3.05, 3.63) is 29.8 Å². The molecule has 0 bridgehead atoms. The minimum atomic E-state index is -0.260. The fourth-order valence-corrected chi connectivity index (χ4v) is 2.21. The molecular weight excluding hydrogens is 286 g/mol. The van der Waals surface area contributed by atoms with E-state index in [9.17, 15) is 9.59 Å². The minimum Gasteiger partial charge on any atom is -0.465 e. The van der Waals surface area contributed by atoms with Crippen LogP contribution >= 0.6 is 11.8 Å². The minimum absolute atomic E-state index is 0.111. The van der Waals surface area contributed by atoms with Gasteiger partial charge in [0.25, 0.3) is 0 Å². The third-order valence-corrected chi connectivity index (χ3v) is 3.62. The van der Waals surface area contributed by atoms with Crippen molar-refractivity contribution in [1.29, 1.82) is 0 Å². The summed E-state index contributed by atoms with van der Waals surface area (Å²) in [4.78, 5) is 23.2. The molecule has 0 unspecified atom stereocenters. The molecule has 5 heteroatoms. The van der Waals surface area contributed by atoms with E-state index in [1.54, 1.807) is 0 Å². The summed E-state index contributed by atoms with van der Waals surface area (Å²) in [5.74, 6) is 0.599. The summed E-state index contributed by atoms with van der Waals surface area (Å²) in [6, 6.07) is 7.61. The summed E-state index contributed by atoms with van der Waals surface area (Å²) >= 11 is 1.27. The largest absolute Gasteiger partial charge is 0.465 e. The number of carbonyl (C=O) groups is 2. The summed E-state index contributed by atoms with van der Waals surface area (Å²) in [5, 5.41) is 2.80. The lowest BCUT2D eigenvalue weighted by Crippen LogP contribution is -2.16. The van der Waals surface area contributed by atoms with Gasteiger partial charge < -0.3 is 10.1 Å². The van der Waals surface area contributed by atoms with Gasteiger partial charge >= 0.3 is 5.97 Å². The summed E-state index contributed by atoms with van der Waals surface area (Å²) < 4.78 is 5.08. The van der Waals surface area contributed by atoms with Gasteiger partial charge in [0.05, 0.1) is 18.1 Å². The van der Waals surface area contributed by atoms with Crippen LogP contribution in [0.5, 0.6) is 0 Å². The van der Waals surface area contributed by atoms with Crippen LogP contribution in [0.15, 0.2) is 24.3 Å². The first-order chi connectivity index (χ1) is 9.97. The molecule has 0 fully saturated rings. The van der Waals surface area contributed by atoms with Gasteiger partial charge in [-0.3, -0.25) is 9.59 Å². The number of anilines is 1. The molecule has 4 nitrogen and oxygen atoms in total. The van der Waals surface area contributed by atoms with E-state index in [0.29, 0.717) is 12.5 Å². The van der Waals surface area contributed by atoms with Crippen LogP contribution < -0.4 is 5.32 Å². The highest BCUT2D eigenvalue weighted by atomic mass is 32.2. The van der Waals surface area contributed by atoms with E-state index in [4.69, 9.17) is 4.74 Å². The Morgan fingerprint density at radius 2 is 2.05 bits per heavy atom. The molecule has 0 heterocycles. The van der Waals surface area contributed by atoms with Crippen molar-refractivity contribution in [3.63, 3.8) is 0 Å². The lowest BCUT2D eigenvalue weighted by atomic mass is 10.1. The third kappa shape index (κ3) is 8.40. The Labute approximate surface area is 130 Å². The second-order valence-electron chi connectivity index (χ2n) is 5.31. The molecule has 1 N–H and O–H groups in total. The van der Waals surface area contributed by atoms with Crippen LogP contribution in [0.3, 0.4) is 0 Å². The van der Waals surface area contributed by atoms with Crippen LogP contribution in [0, 0.1) is 12.8 Å². The van der Waals surface area contributed by atoms with Crippen molar-refractivity contribution in [2.24, 2.45) is 5.92 Å². The number of esters is 1. The van der Waals surface area contributed by atoms with Gasteiger partial charge in [0, 0.05) is 5.69 Å². The summed E-state index contributed by atoms with van der Waals surface area (Å²) in [6.45, 7) is 6.58. The number of nitrogens with one attached hydrogen (secondary N) is 1. The Morgan fingerprint density at radius 1 is 1.29 bits per heavy atom. The van der Waals surface area contributed by atoms with E-state index < -0.39 is 0 Å². The van der Waals surface area contributed by atoms with Gasteiger partial charge in [-0.05, 0) is 37.0 Å². The van der Waals surface area contributed by atoms with Crippen LogP contribution in [0.25, 0.3) is 0 Å². The van der Waals surface area contributed by atoms with Gasteiger partial charge in [-0.15, -0.1) is 11.8 Å². The first-order valence-electron chi connectivity index (χ1n) is 7.07. The predicted molar refractivity (Wildman–Crippen MR) is 87.5 cm³/mol. The fourth-order valence-electron chi connectivity index (χ4n) is 1.60. The topological polar surface area (TPSA) is 55.4 Å². The van der Waals surface area contributed by atoms with Gasteiger partial charge in [-0.1, -0.05) is 26.0 Å². The number of thioether (sulfide) groups is 1. The third-order valence-electron chi connectivity index (χ3n) is 2.71. The lowest BCUT2D eigenvalue weighted by molar-refractivity contribution is -0.140. The zero-order valence-electron chi connectivity index (χ0n) is 12.8. The maximum absolute atomic E-state index is 11.7. The molecule has 0 aromatic heterocycles. The number of ether oxygens (including phenoxy) is 1. The number of carbonyl (C=O) groups excluding carboxylic acids is 2. The van der Waals surface area contributed by atoms with Crippen LogP contribution in [0.1, 0.15) is 25.8 Å². The molecule has 1 amide bonds. The zero-order chi connectivity index (χ0) is 15.7. The lowest BCUT2D eigenvalue weighted by Gasteiger charge is -2.07. The van der Waals surface area contributed by atoms with Gasteiger partial charge in [0.1, 0.15) is 0 Å². The van der Waals surface area contributed by atoms with E-state index in [2.05, 4.69) is 19.2 Å². The van der Waals surface area contributed by atoms with Crippen molar-refractivity contribution in [1.82, 2.24) is 0 Å². The highest BCUT2D eigenvalue weighted by molar-refractivity contribution is 8.00. The Bertz CT molecular complexity index is 474. The van der Waals surface area contributed by atoms with E-state index in [-0.39, 0.29) is 23.4 Å². The molecule has 1 rings (SSSR count). The first kappa shape index (κ1) is 17.6.